The average molecular weight is 336 g/mol. The van der Waals surface area contributed by atoms with Gasteiger partial charge in [-0.15, -0.1) is 0 Å². The highest BCUT2D eigenvalue weighted by Gasteiger charge is 2.60. The number of para-hydroxylation sites is 1. The minimum absolute atomic E-state index is 0.0824. The molecule has 2 unspecified atom stereocenters. The predicted octanol–water partition coefficient (Wildman–Crippen LogP) is 3.18. The fraction of sp³-hybridized carbons (Fsp3) is 0.476. The number of fused-ring (bicyclic) bond motifs is 3. The van der Waals surface area contributed by atoms with Gasteiger partial charge in [0.1, 0.15) is 5.41 Å². The lowest BCUT2D eigenvalue weighted by molar-refractivity contribution is -0.153. The molecule has 0 saturated carbocycles. The van der Waals surface area contributed by atoms with Crippen molar-refractivity contribution in [2.75, 3.05) is 20.2 Å². The van der Waals surface area contributed by atoms with Crippen molar-refractivity contribution >= 4 is 16.9 Å². The van der Waals surface area contributed by atoms with E-state index in [1.165, 1.54) is 23.6 Å². The van der Waals surface area contributed by atoms with Gasteiger partial charge in [-0.2, -0.15) is 0 Å². The fourth-order valence-corrected chi connectivity index (χ4v) is 5.71. The summed E-state index contributed by atoms with van der Waals surface area (Å²) in [5, 5.41) is 1.26. The number of hydrogen-bond donors (Lipinski definition) is 1. The Bertz CT molecular complexity index is 896. The van der Waals surface area contributed by atoms with Gasteiger partial charge in [-0.3, -0.25) is 9.69 Å². The Morgan fingerprint density at radius 2 is 2.24 bits per heavy atom. The second-order valence-electron chi connectivity index (χ2n) is 7.69. The van der Waals surface area contributed by atoms with Gasteiger partial charge in [-0.1, -0.05) is 36.8 Å². The third-order valence-electron chi connectivity index (χ3n) is 6.55. The van der Waals surface area contributed by atoms with Crippen LogP contribution < -0.4 is 0 Å². The lowest BCUT2D eigenvalue weighted by Crippen LogP contribution is -2.63. The van der Waals surface area contributed by atoms with Crippen LogP contribution in [-0.2, 0) is 21.4 Å². The lowest BCUT2D eigenvalue weighted by Gasteiger charge is -2.53. The van der Waals surface area contributed by atoms with E-state index in [9.17, 15) is 4.79 Å². The number of aromatic amines is 1. The number of methoxy groups -OCH3 is 1. The molecule has 0 amide bonds. The van der Waals surface area contributed by atoms with E-state index in [0.717, 1.165) is 43.6 Å². The summed E-state index contributed by atoms with van der Waals surface area (Å²) in [4.78, 5) is 19.4. The van der Waals surface area contributed by atoms with Crippen LogP contribution in [0.4, 0.5) is 0 Å². The number of hydrogen-bond acceptors (Lipinski definition) is 3. The van der Waals surface area contributed by atoms with Crippen LogP contribution in [0, 0.1) is 5.92 Å². The maximum atomic E-state index is 13.2. The van der Waals surface area contributed by atoms with Crippen molar-refractivity contribution in [3.8, 4) is 0 Å². The number of aromatic nitrogens is 1. The summed E-state index contributed by atoms with van der Waals surface area (Å²) < 4.78 is 5.41. The van der Waals surface area contributed by atoms with E-state index in [1.807, 2.05) is 0 Å². The lowest BCUT2D eigenvalue weighted by atomic mass is 9.60. The number of nitrogens with zero attached hydrogens (tertiary/aromatic N) is 1. The summed E-state index contributed by atoms with van der Waals surface area (Å²) in [6, 6.07) is 8.56. The van der Waals surface area contributed by atoms with Crippen molar-refractivity contribution in [2.24, 2.45) is 5.92 Å². The first kappa shape index (κ1) is 15.2. The first-order valence-corrected chi connectivity index (χ1v) is 9.32. The zero-order chi connectivity index (χ0) is 17.2. The van der Waals surface area contributed by atoms with Crippen molar-refractivity contribution in [2.45, 2.75) is 37.6 Å². The van der Waals surface area contributed by atoms with E-state index < -0.39 is 5.41 Å². The number of rotatable bonds is 2. The van der Waals surface area contributed by atoms with Crippen LogP contribution in [0.15, 0.2) is 35.9 Å². The first-order valence-electron chi connectivity index (χ1n) is 9.32. The Hall–Kier alpha value is -2.07. The Morgan fingerprint density at radius 1 is 1.40 bits per heavy atom. The summed E-state index contributed by atoms with van der Waals surface area (Å²) in [7, 11) is 1.53. The maximum Gasteiger partial charge on any atom is 0.319 e. The monoisotopic (exact) mass is 336 g/mol. The van der Waals surface area contributed by atoms with Gasteiger partial charge in [-0.05, 0) is 36.8 Å². The third-order valence-corrected chi connectivity index (χ3v) is 6.55. The van der Waals surface area contributed by atoms with E-state index in [4.69, 9.17) is 4.74 Å². The average Bonchev–Trinajstić information content (AvgIpc) is 3.00. The molecule has 25 heavy (non-hydrogen) atoms. The highest BCUT2D eigenvalue weighted by atomic mass is 16.5. The van der Waals surface area contributed by atoms with Crippen LogP contribution >= 0.6 is 0 Å². The number of carbonyl (C=O) groups excluding carboxylic acids is 1. The summed E-state index contributed by atoms with van der Waals surface area (Å²) in [6.07, 6.45) is 5.25. The summed E-state index contributed by atoms with van der Waals surface area (Å²) in [5.41, 5.74) is 4.36. The molecule has 3 aliphatic heterocycles. The van der Waals surface area contributed by atoms with E-state index >= 15 is 0 Å². The molecule has 1 aliphatic carbocycles. The summed E-state index contributed by atoms with van der Waals surface area (Å²) in [6.45, 7) is 4.28. The molecule has 4 bridgehead atoms. The maximum absolute atomic E-state index is 13.2. The van der Waals surface area contributed by atoms with Gasteiger partial charge in [-0.25, -0.2) is 0 Å². The van der Waals surface area contributed by atoms with Crippen molar-refractivity contribution in [3.05, 3.63) is 47.2 Å². The third kappa shape index (κ3) is 1.83. The molecule has 4 heterocycles. The van der Waals surface area contributed by atoms with E-state index in [1.54, 1.807) is 0 Å². The van der Waals surface area contributed by atoms with Crippen LogP contribution in [0.3, 0.4) is 0 Å². The quantitative estimate of drug-likeness (QED) is 0.677. The van der Waals surface area contributed by atoms with Gasteiger partial charge >= 0.3 is 5.97 Å². The van der Waals surface area contributed by atoms with Gasteiger partial charge in [0, 0.05) is 29.7 Å². The molecular weight excluding hydrogens is 312 g/mol. The van der Waals surface area contributed by atoms with Gasteiger partial charge in [0.25, 0.3) is 0 Å². The highest BCUT2D eigenvalue weighted by Crippen LogP contribution is 2.52. The van der Waals surface area contributed by atoms with Crippen LogP contribution in [0.2, 0.25) is 0 Å². The second-order valence-corrected chi connectivity index (χ2v) is 7.69. The Labute approximate surface area is 147 Å². The van der Waals surface area contributed by atoms with Crippen LogP contribution in [0.1, 0.15) is 31.0 Å². The van der Waals surface area contributed by atoms with Crippen molar-refractivity contribution in [3.63, 3.8) is 0 Å². The molecule has 0 radical (unpaired) electrons. The fourth-order valence-electron chi connectivity index (χ4n) is 5.71. The number of esters is 1. The number of H-pyrrole nitrogens is 1. The molecular formula is C21H24N2O2. The Kier molecular flexibility index (Phi) is 3.17. The Morgan fingerprint density at radius 3 is 3.04 bits per heavy atom. The van der Waals surface area contributed by atoms with Gasteiger partial charge < -0.3 is 9.72 Å². The molecule has 0 spiro atoms. The predicted molar refractivity (Wildman–Crippen MR) is 97.5 cm³/mol. The summed E-state index contributed by atoms with van der Waals surface area (Å²) in [5.74, 6) is 0.345. The standard InChI is InChI=1S/C21H24N2O2/c1-3-14-10-13-11-21(20(24)25-2)18-16(8-9-23(12-13)19(14)21)15-6-4-5-7-17(15)22-18/h4-7,10,13,19,22H,3,8-9,11-12H2,1-2H3/t13?,19-,21-/m0/s1. The van der Waals surface area contributed by atoms with E-state index in [2.05, 4.69) is 47.1 Å². The van der Waals surface area contributed by atoms with Gasteiger partial charge in [0.2, 0.25) is 0 Å². The summed E-state index contributed by atoms with van der Waals surface area (Å²) >= 11 is 0. The topological polar surface area (TPSA) is 45.3 Å². The van der Waals surface area contributed by atoms with Crippen LogP contribution in [0.25, 0.3) is 10.9 Å². The van der Waals surface area contributed by atoms with Crippen LogP contribution in [0.5, 0.6) is 0 Å². The minimum atomic E-state index is -0.595. The normalized spacial score (nSPS) is 32.9. The molecule has 1 saturated heterocycles. The number of carbonyl (C=O) groups is 1. The molecule has 4 atom stereocenters. The number of benzene rings is 1. The van der Waals surface area contributed by atoms with E-state index in [-0.39, 0.29) is 12.0 Å². The molecule has 130 valence electrons. The molecule has 1 fully saturated rings. The molecule has 2 aromatic rings. The molecule has 1 aromatic heterocycles. The molecule has 4 aliphatic rings. The van der Waals surface area contributed by atoms with Crippen LogP contribution in [-0.4, -0.2) is 42.1 Å². The molecule has 1 aromatic carbocycles. The smallest absolute Gasteiger partial charge is 0.319 e. The largest absolute Gasteiger partial charge is 0.468 e. The molecule has 4 nitrogen and oxygen atoms in total. The number of nitrogens with one attached hydrogen (secondary N) is 1. The SMILES string of the molecule is CCC1=CC2CN3CCc4c([nH]c5ccccc45)[C@@](C(=O)OC)(C2)[C@H]13. The van der Waals surface area contributed by atoms with Gasteiger partial charge in [0.05, 0.1) is 13.2 Å². The minimum Gasteiger partial charge on any atom is -0.468 e. The Balaban J connectivity index is 1.83. The van der Waals surface area contributed by atoms with Gasteiger partial charge in [0.15, 0.2) is 0 Å². The van der Waals surface area contributed by atoms with Crippen molar-refractivity contribution in [1.29, 1.82) is 0 Å². The highest BCUT2D eigenvalue weighted by molar-refractivity contribution is 5.92. The first-order chi connectivity index (χ1) is 12.2. The zero-order valence-corrected chi connectivity index (χ0v) is 14.8. The molecule has 6 rings (SSSR count). The number of ether oxygens (including phenoxy) is 1. The number of piperidine rings is 1. The molecule has 4 heteroatoms. The zero-order valence-electron chi connectivity index (χ0n) is 14.8. The van der Waals surface area contributed by atoms with Crippen molar-refractivity contribution < 1.29 is 9.53 Å². The van der Waals surface area contributed by atoms with Crippen molar-refractivity contribution in [1.82, 2.24) is 9.88 Å². The van der Waals surface area contributed by atoms with E-state index in [0.29, 0.717) is 5.92 Å². The second kappa shape index (κ2) is 5.21. The molecule has 1 N–H and O–H groups in total.